The molecule has 0 saturated heterocycles. The van der Waals surface area contributed by atoms with Crippen molar-refractivity contribution in [3.05, 3.63) is 60.2 Å². The number of rotatable bonds is 9. The zero-order valence-electron chi connectivity index (χ0n) is 18.7. The van der Waals surface area contributed by atoms with Gasteiger partial charge >= 0.3 is 5.97 Å². The quantitative estimate of drug-likeness (QED) is 0.462. The molecule has 0 radical (unpaired) electrons. The highest BCUT2D eigenvalue weighted by Crippen LogP contribution is 2.37. The van der Waals surface area contributed by atoms with Crippen LogP contribution in [-0.2, 0) is 21.2 Å². The lowest BCUT2D eigenvalue weighted by Gasteiger charge is -2.19. The van der Waals surface area contributed by atoms with Gasteiger partial charge < -0.3 is 9.84 Å². The van der Waals surface area contributed by atoms with Crippen LogP contribution in [-0.4, -0.2) is 33.1 Å². The van der Waals surface area contributed by atoms with Crippen LogP contribution < -0.4 is 9.46 Å². The maximum Gasteiger partial charge on any atom is 0.303 e. The van der Waals surface area contributed by atoms with E-state index in [1.165, 1.54) is 32.7 Å². The smallest absolute Gasteiger partial charge is 0.303 e. The summed E-state index contributed by atoms with van der Waals surface area (Å²) < 4.78 is 33.0. The summed E-state index contributed by atoms with van der Waals surface area (Å²) in [5.41, 5.74) is 2.76. The average Bonchev–Trinajstić information content (AvgIpc) is 3.34. The molecule has 0 amide bonds. The van der Waals surface area contributed by atoms with Gasteiger partial charge in [0.05, 0.1) is 11.5 Å². The van der Waals surface area contributed by atoms with E-state index in [0.717, 1.165) is 33.2 Å². The van der Waals surface area contributed by atoms with Crippen molar-refractivity contribution in [3.8, 4) is 16.9 Å². The van der Waals surface area contributed by atoms with Crippen LogP contribution in [0.3, 0.4) is 0 Å². The Morgan fingerprint density at radius 2 is 1.79 bits per heavy atom. The van der Waals surface area contributed by atoms with Crippen molar-refractivity contribution in [2.24, 2.45) is 5.92 Å². The molecule has 1 saturated carbocycles. The fraction of sp³-hybridized carbons (Fsp3) is 0.346. The number of aryl methyl sites for hydroxylation is 1. The van der Waals surface area contributed by atoms with E-state index in [-0.39, 0.29) is 11.3 Å². The van der Waals surface area contributed by atoms with Crippen LogP contribution in [0.1, 0.15) is 37.7 Å². The number of fused-ring (bicyclic) bond motifs is 1. The van der Waals surface area contributed by atoms with Gasteiger partial charge in [-0.05, 0) is 72.3 Å². The molecular formula is C26H29NO5S. The number of para-hydroxylation sites is 1. The molecule has 3 aromatic carbocycles. The Kier molecular flexibility index (Phi) is 7.00. The van der Waals surface area contributed by atoms with Gasteiger partial charge in [-0.25, -0.2) is 13.1 Å². The van der Waals surface area contributed by atoms with Gasteiger partial charge in [0.25, 0.3) is 0 Å². The topological polar surface area (TPSA) is 92.7 Å². The lowest BCUT2D eigenvalue weighted by Crippen LogP contribution is -2.18. The van der Waals surface area contributed by atoms with Crippen molar-refractivity contribution in [3.63, 3.8) is 0 Å². The van der Waals surface area contributed by atoms with E-state index in [1.807, 2.05) is 36.4 Å². The highest BCUT2D eigenvalue weighted by molar-refractivity contribution is 7.89. The van der Waals surface area contributed by atoms with Gasteiger partial charge in [0.2, 0.25) is 10.0 Å². The highest BCUT2D eigenvalue weighted by atomic mass is 32.2. The molecule has 7 heteroatoms. The SMILES string of the molecule is CNS(=O)(=O)c1ccc2cc(-c3cccc(CCC(=O)O)c3OCC3CCCC3)ccc2c1. The summed E-state index contributed by atoms with van der Waals surface area (Å²) in [6, 6.07) is 16.8. The minimum Gasteiger partial charge on any atom is -0.492 e. The van der Waals surface area contributed by atoms with Crippen LogP contribution in [0.4, 0.5) is 0 Å². The van der Waals surface area contributed by atoms with Gasteiger partial charge in [0, 0.05) is 12.0 Å². The maximum absolute atomic E-state index is 12.1. The molecule has 0 atom stereocenters. The van der Waals surface area contributed by atoms with Gasteiger partial charge in [0.15, 0.2) is 0 Å². The molecule has 2 N–H and O–H groups in total. The molecule has 6 nitrogen and oxygen atoms in total. The summed E-state index contributed by atoms with van der Waals surface area (Å²) in [5.74, 6) is 0.453. The molecule has 0 spiro atoms. The third-order valence-corrected chi connectivity index (χ3v) is 7.76. The first-order valence-electron chi connectivity index (χ1n) is 11.3. The van der Waals surface area contributed by atoms with E-state index >= 15 is 0 Å². The molecule has 174 valence electrons. The van der Waals surface area contributed by atoms with E-state index in [9.17, 15) is 18.3 Å². The summed E-state index contributed by atoms with van der Waals surface area (Å²) in [5, 5.41) is 10.9. The van der Waals surface area contributed by atoms with Crippen molar-refractivity contribution in [2.75, 3.05) is 13.7 Å². The number of hydrogen-bond acceptors (Lipinski definition) is 4. The fourth-order valence-electron chi connectivity index (χ4n) is 4.48. The number of sulfonamides is 1. The minimum absolute atomic E-state index is 0.0453. The van der Waals surface area contributed by atoms with Crippen LogP contribution in [0.15, 0.2) is 59.5 Å². The number of carboxylic acids is 1. The summed E-state index contributed by atoms with van der Waals surface area (Å²) >= 11 is 0. The molecule has 0 heterocycles. The fourth-order valence-corrected chi connectivity index (χ4v) is 5.24. The monoisotopic (exact) mass is 467 g/mol. The van der Waals surface area contributed by atoms with Crippen molar-refractivity contribution in [1.82, 2.24) is 4.72 Å². The molecule has 1 aliphatic carbocycles. The van der Waals surface area contributed by atoms with Gasteiger partial charge in [-0.1, -0.05) is 49.2 Å². The van der Waals surface area contributed by atoms with E-state index in [2.05, 4.69) is 4.72 Å². The number of nitrogens with one attached hydrogen (secondary N) is 1. The molecule has 0 unspecified atom stereocenters. The highest BCUT2D eigenvalue weighted by Gasteiger charge is 2.19. The van der Waals surface area contributed by atoms with Crippen molar-refractivity contribution >= 4 is 26.8 Å². The summed E-state index contributed by atoms with van der Waals surface area (Å²) in [6.45, 7) is 0.635. The van der Waals surface area contributed by atoms with E-state index in [1.54, 1.807) is 18.2 Å². The van der Waals surface area contributed by atoms with Gasteiger partial charge in [0.1, 0.15) is 5.75 Å². The Hall–Kier alpha value is -2.90. The molecule has 1 fully saturated rings. The largest absolute Gasteiger partial charge is 0.492 e. The summed E-state index contributed by atoms with van der Waals surface area (Å²) in [4.78, 5) is 11.4. The molecular weight excluding hydrogens is 438 g/mol. The molecule has 0 bridgehead atoms. The number of aliphatic carboxylic acids is 1. The second-order valence-electron chi connectivity index (χ2n) is 8.58. The predicted octanol–water partition coefficient (Wildman–Crippen LogP) is 5.00. The van der Waals surface area contributed by atoms with Crippen LogP contribution in [0.5, 0.6) is 5.75 Å². The van der Waals surface area contributed by atoms with Crippen LogP contribution in [0.2, 0.25) is 0 Å². The van der Waals surface area contributed by atoms with Crippen molar-refractivity contribution in [1.29, 1.82) is 0 Å². The lowest BCUT2D eigenvalue weighted by atomic mass is 9.96. The second-order valence-corrected chi connectivity index (χ2v) is 10.5. The zero-order valence-corrected chi connectivity index (χ0v) is 19.5. The average molecular weight is 468 g/mol. The van der Waals surface area contributed by atoms with Crippen LogP contribution >= 0.6 is 0 Å². The van der Waals surface area contributed by atoms with E-state index < -0.39 is 16.0 Å². The summed E-state index contributed by atoms with van der Waals surface area (Å²) in [6.07, 6.45) is 5.25. The van der Waals surface area contributed by atoms with Crippen molar-refractivity contribution < 1.29 is 23.1 Å². The normalized spacial score (nSPS) is 14.6. The van der Waals surface area contributed by atoms with Gasteiger partial charge in [-0.3, -0.25) is 4.79 Å². The third-order valence-electron chi connectivity index (χ3n) is 6.34. The predicted molar refractivity (Wildman–Crippen MR) is 129 cm³/mol. The number of carboxylic acid groups (broad SMARTS) is 1. The molecule has 0 aliphatic heterocycles. The first-order valence-corrected chi connectivity index (χ1v) is 12.8. The Morgan fingerprint density at radius 3 is 2.52 bits per heavy atom. The number of carbonyl (C=O) groups is 1. The standard InChI is InChI=1S/C26H29NO5S/c1-27-33(30,31)23-13-11-20-15-22(10-9-21(20)16-23)24-8-4-7-19(12-14-25(28)29)26(24)32-17-18-5-2-3-6-18/h4,7-11,13,15-16,18,27H,2-3,5-6,12,14,17H2,1H3,(H,28,29). The molecule has 3 aromatic rings. The number of hydrogen-bond donors (Lipinski definition) is 2. The first kappa shape index (κ1) is 23.3. The number of ether oxygens (including phenoxy) is 1. The first-order chi connectivity index (χ1) is 15.9. The Morgan fingerprint density at radius 1 is 1.06 bits per heavy atom. The van der Waals surface area contributed by atoms with E-state index in [0.29, 0.717) is 18.9 Å². The molecule has 33 heavy (non-hydrogen) atoms. The number of benzene rings is 3. The van der Waals surface area contributed by atoms with Crippen molar-refractivity contribution in [2.45, 2.75) is 43.4 Å². The van der Waals surface area contributed by atoms with Gasteiger partial charge in [-0.2, -0.15) is 0 Å². The second kappa shape index (κ2) is 9.93. The van der Waals surface area contributed by atoms with Crippen LogP contribution in [0.25, 0.3) is 21.9 Å². The Bertz CT molecular complexity index is 1260. The van der Waals surface area contributed by atoms with Crippen LogP contribution in [0, 0.1) is 5.92 Å². The summed E-state index contributed by atoms with van der Waals surface area (Å²) in [7, 11) is -2.12. The Balaban J connectivity index is 1.71. The molecule has 4 rings (SSSR count). The Labute approximate surface area is 194 Å². The molecule has 1 aliphatic rings. The third kappa shape index (κ3) is 5.37. The zero-order chi connectivity index (χ0) is 23.4. The lowest BCUT2D eigenvalue weighted by molar-refractivity contribution is -0.136. The molecule has 0 aromatic heterocycles. The van der Waals surface area contributed by atoms with Gasteiger partial charge in [-0.15, -0.1) is 0 Å². The minimum atomic E-state index is -3.51. The maximum atomic E-state index is 12.1. The van der Waals surface area contributed by atoms with E-state index in [4.69, 9.17) is 4.74 Å².